The van der Waals surface area contributed by atoms with E-state index in [1.54, 1.807) is 12.1 Å². The van der Waals surface area contributed by atoms with Gasteiger partial charge in [0.2, 0.25) is 0 Å². The molecule has 0 spiro atoms. The summed E-state index contributed by atoms with van der Waals surface area (Å²) in [5.74, 6) is -0.328. The van der Waals surface area contributed by atoms with Gasteiger partial charge in [-0.2, -0.15) is 4.99 Å². The second-order valence-electron chi connectivity index (χ2n) is 6.54. The van der Waals surface area contributed by atoms with E-state index in [0.29, 0.717) is 21.6 Å². The first kappa shape index (κ1) is 18.5. The van der Waals surface area contributed by atoms with E-state index in [1.165, 1.54) is 45.9 Å². The van der Waals surface area contributed by atoms with Gasteiger partial charge in [0.05, 0.1) is 20.0 Å². The first-order valence-corrected chi connectivity index (χ1v) is 10.4. The van der Waals surface area contributed by atoms with E-state index in [-0.39, 0.29) is 11.6 Å². The Balaban J connectivity index is 1.81. The Hall–Kier alpha value is -2.84. The fourth-order valence-electron chi connectivity index (χ4n) is 3.10. The Labute approximate surface area is 168 Å². The number of aromatic nitrogens is 1. The van der Waals surface area contributed by atoms with E-state index >= 15 is 0 Å². The van der Waals surface area contributed by atoms with E-state index in [0.717, 1.165) is 14.9 Å². The molecule has 0 saturated heterocycles. The van der Waals surface area contributed by atoms with Crippen molar-refractivity contribution < 1.29 is 9.72 Å². The van der Waals surface area contributed by atoms with Gasteiger partial charge in [0.1, 0.15) is 0 Å². The normalized spacial score (nSPS) is 12.2. The van der Waals surface area contributed by atoms with E-state index in [1.807, 2.05) is 11.5 Å². The number of amides is 1. The number of nitro benzene ring substituents is 1. The van der Waals surface area contributed by atoms with Gasteiger partial charge in [0.25, 0.3) is 11.6 Å². The smallest absolute Gasteiger partial charge is 0.289 e. The summed E-state index contributed by atoms with van der Waals surface area (Å²) in [6, 6.07) is 10.5. The van der Waals surface area contributed by atoms with Crippen molar-refractivity contribution >= 4 is 54.6 Å². The zero-order chi connectivity index (χ0) is 20.0. The van der Waals surface area contributed by atoms with Crippen molar-refractivity contribution in [1.82, 2.24) is 4.57 Å². The number of non-ortho nitro benzene ring substituents is 1. The van der Waals surface area contributed by atoms with Gasteiger partial charge in [-0.1, -0.05) is 11.3 Å². The molecule has 0 aliphatic carbocycles. The third-order valence-electron chi connectivity index (χ3n) is 4.73. The van der Waals surface area contributed by atoms with Crippen LogP contribution in [0.2, 0.25) is 0 Å². The monoisotopic (exact) mass is 411 g/mol. The maximum Gasteiger partial charge on any atom is 0.289 e. The van der Waals surface area contributed by atoms with Crippen molar-refractivity contribution in [3.63, 3.8) is 0 Å². The van der Waals surface area contributed by atoms with Gasteiger partial charge in [0, 0.05) is 28.8 Å². The summed E-state index contributed by atoms with van der Waals surface area (Å²) < 4.78 is 3.97. The van der Waals surface area contributed by atoms with Gasteiger partial charge in [-0.3, -0.25) is 14.9 Å². The largest absolute Gasteiger partial charge is 0.317 e. The molecule has 1 amide bonds. The lowest BCUT2D eigenvalue weighted by Crippen LogP contribution is -2.15. The average Bonchev–Trinajstić information content (AvgIpc) is 3.22. The molecule has 0 bridgehead atoms. The Morgan fingerprint density at radius 3 is 2.57 bits per heavy atom. The minimum atomic E-state index is -0.436. The number of rotatable bonds is 3. The number of carbonyl (C=O) groups is 1. The van der Waals surface area contributed by atoms with Gasteiger partial charge in [0.15, 0.2) is 4.80 Å². The van der Waals surface area contributed by atoms with Crippen LogP contribution in [0.25, 0.3) is 20.3 Å². The molecule has 0 aliphatic heterocycles. The molecule has 142 valence electrons. The van der Waals surface area contributed by atoms with Crippen LogP contribution in [-0.2, 0) is 6.54 Å². The van der Waals surface area contributed by atoms with Gasteiger partial charge in [-0.15, -0.1) is 11.3 Å². The Kier molecular flexibility index (Phi) is 4.60. The van der Waals surface area contributed by atoms with Crippen LogP contribution in [0.5, 0.6) is 0 Å². The highest BCUT2D eigenvalue weighted by atomic mass is 32.1. The number of hydrogen-bond acceptors (Lipinski definition) is 5. The Bertz CT molecular complexity index is 1330. The van der Waals surface area contributed by atoms with Crippen LogP contribution in [-0.4, -0.2) is 15.4 Å². The molecule has 0 unspecified atom stereocenters. The number of thiophene rings is 1. The average molecular weight is 412 g/mol. The van der Waals surface area contributed by atoms with Crippen LogP contribution in [0.3, 0.4) is 0 Å². The third-order valence-corrected chi connectivity index (χ3v) is 6.88. The highest BCUT2D eigenvalue weighted by Crippen LogP contribution is 2.29. The predicted octanol–water partition coefficient (Wildman–Crippen LogP) is 5.20. The number of nitro groups is 1. The molecule has 6 nitrogen and oxygen atoms in total. The van der Waals surface area contributed by atoms with Gasteiger partial charge in [-0.05, 0) is 56.2 Å². The lowest BCUT2D eigenvalue weighted by atomic mass is 10.1. The zero-order valence-corrected chi connectivity index (χ0v) is 17.2. The van der Waals surface area contributed by atoms with Crippen molar-refractivity contribution in [2.24, 2.45) is 4.99 Å². The summed E-state index contributed by atoms with van der Waals surface area (Å²) in [7, 11) is 0. The number of nitrogens with zero attached hydrogens (tertiary/aromatic N) is 3. The molecular formula is C20H17N3O3S2. The van der Waals surface area contributed by atoms with Gasteiger partial charge >= 0.3 is 0 Å². The summed E-state index contributed by atoms with van der Waals surface area (Å²) in [5.41, 5.74) is 3.51. The number of hydrogen-bond donors (Lipinski definition) is 0. The minimum Gasteiger partial charge on any atom is -0.317 e. The second kappa shape index (κ2) is 6.96. The summed E-state index contributed by atoms with van der Waals surface area (Å²) in [5, 5.41) is 11.6. The van der Waals surface area contributed by atoms with Crippen molar-refractivity contribution in [2.75, 3.05) is 0 Å². The van der Waals surface area contributed by atoms with Crippen LogP contribution < -0.4 is 4.80 Å². The molecule has 0 atom stereocenters. The summed E-state index contributed by atoms with van der Waals surface area (Å²) in [6.07, 6.45) is 0. The SMILES string of the molecule is CCn1c(=NC(=O)c2cc3cc([N+](=O)[O-])ccc3s2)sc2cc(C)c(C)cc21. The second-order valence-corrected chi connectivity index (χ2v) is 8.63. The van der Waals surface area contributed by atoms with Crippen LogP contribution >= 0.6 is 22.7 Å². The quantitative estimate of drug-likeness (QED) is 0.343. The zero-order valence-electron chi connectivity index (χ0n) is 15.6. The summed E-state index contributed by atoms with van der Waals surface area (Å²) in [6.45, 7) is 6.89. The maximum absolute atomic E-state index is 12.8. The predicted molar refractivity (Wildman–Crippen MR) is 113 cm³/mol. The Morgan fingerprint density at radius 2 is 1.86 bits per heavy atom. The topological polar surface area (TPSA) is 77.5 Å². The molecule has 2 aromatic carbocycles. The molecule has 0 aliphatic rings. The minimum absolute atomic E-state index is 0.0142. The van der Waals surface area contributed by atoms with Crippen LogP contribution in [0.4, 0.5) is 5.69 Å². The molecule has 4 rings (SSSR count). The fraction of sp³-hybridized carbons (Fsp3) is 0.200. The van der Waals surface area contributed by atoms with Crippen LogP contribution in [0.1, 0.15) is 27.7 Å². The Morgan fingerprint density at radius 1 is 1.11 bits per heavy atom. The van der Waals surface area contributed by atoms with Gasteiger partial charge in [-0.25, -0.2) is 0 Å². The molecule has 2 aromatic heterocycles. The molecule has 0 radical (unpaired) electrons. The number of thiazole rings is 1. The van der Waals surface area contributed by atoms with Crippen LogP contribution in [0.15, 0.2) is 41.4 Å². The molecular weight excluding hydrogens is 394 g/mol. The molecule has 4 aromatic rings. The highest BCUT2D eigenvalue weighted by molar-refractivity contribution is 7.21. The van der Waals surface area contributed by atoms with Gasteiger partial charge < -0.3 is 4.57 Å². The lowest BCUT2D eigenvalue weighted by Gasteiger charge is -2.03. The molecule has 8 heteroatoms. The van der Waals surface area contributed by atoms with E-state index in [4.69, 9.17) is 0 Å². The highest BCUT2D eigenvalue weighted by Gasteiger charge is 2.14. The first-order chi connectivity index (χ1) is 13.4. The standard InChI is InChI=1S/C20H17N3O3S2/c1-4-22-15-7-11(2)12(3)8-17(15)28-20(22)21-19(24)18-10-13-9-14(23(25)26)5-6-16(13)27-18/h5-10H,4H2,1-3H3. The lowest BCUT2D eigenvalue weighted by molar-refractivity contribution is -0.384. The van der Waals surface area contributed by atoms with Crippen molar-refractivity contribution in [1.29, 1.82) is 0 Å². The fourth-order valence-corrected chi connectivity index (χ4v) is 5.20. The third kappa shape index (κ3) is 3.14. The summed E-state index contributed by atoms with van der Waals surface area (Å²) in [4.78, 5) is 28.8. The van der Waals surface area contributed by atoms with Crippen molar-refractivity contribution in [3.8, 4) is 0 Å². The number of aryl methyl sites for hydroxylation is 3. The van der Waals surface area contributed by atoms with E-state index < -0.39 is 4.92 Å². The molecule has 28 heavy (non-hydrogen) atoms. The van der Waals surface area contributed by atoms with Crippen molar-refractivity contribution in [2.45, 2.75) is 27.3 Å². The number of fused-ring (bicyclic) bond motifs is 2. The molecule has 0 fully saturated rings. The molecule has 0 saturated carbocycles. The number of carbonyl (C=O) groups excluding carboxylic acids is 1. The molecule has 0 N–H and O–H groups in total. The van der Waals surface area contributed by atoms with E-state index in [9.17, 15) is 14.9 Å². The van der Waals surface area contributed by atoms with Crippen LogP contribution in [0, 0.1) is 24.0 Å². The van der Waals surface area contributed by atoms with E-state index in [2.05, 4.69) is 31.0 Å². The maximum atomic E-state index is 12.8. The molecule has 2 heterocycles. The first-order valence-electron chi connectivity index (χ1n) is 8.75. The number of benzene rings is 2. The van der Waals surface area contributed by atoms with Crippen molar-refractivity contribution in [3.05, 3.63) is 67.3 Å². The summed E-state index contributed by atoms with van der Waals surface area (Å²) >= 11 is 2.80.